The number of carbonyl (C=O) groups is 1. The molecule has 28 heavy (non-hydrogen) atoms. The average Bonchev–Trinajstić information content (AvgIpc) is 2.65. The molecule has 0 unspecified atom stereocenters. The zero-order valence-electron chi connectivity index (χ0n) is 15.7. The second kappa shape index (κ2) is 9.86. The Hall–Kier alpha value is -2.16. The molecule has 150 valence electrons. The van der Waals surface area contributed by atoms with Crippen molar-refractivity contribution in [2.24, 2.45) is 5.92 Å². The summed E-state index contributed by atoms with van der Waals surface area (Å²) in [6, 6.07) is 11.0. The van der Waals surface area contributed by atoms with E-state index in [9.17, 15) is 13.2 Å². The number of amides is 1. The Morgan fingerprint density at radius 3 is 2.46 bits per heavy atom. The summed E-state index contributed by atoms with van der Waals surface area (Å²) in [6.45, 7) is 8.32. The van der Waals surface area contributed by atoms with E-state index in [1.807, 2.05) is 0 Å². The van der Waals surface area contributed by atoms with Crippen LogP contribution in [0.2, 0.25) is 0 Å². The minimum Gasteiger partial charge on any atom is -0.492 e. The molecule has 0 aromatic heterocycles. The van der Waals surface area contributed by atoms with E-state index in [-0.39, 0.29) is 17.3 Å². The van der Waals surface area contributed by atoms with Crippen LogP contribution in [0.25, 0.3) is 0 Å². The van der Waals surface area contributed by atoms with Crippen LogP contribution in [-0.4, -0.2) is 27.5 Å². The smallest absolute Gasteiger partial charge is 0.255 e. The third kappa shape index (κ3) is 6.19. The molecule has 2 aromatic rings. The van der Waals surface area contributed by atoms with Crippen molar-refractivity contribution in [3.8, 4) is 5.75 Å². The fourth-order valence-corrected chi connectivity index (χ4v) is 3.68. The molecule has 8 heteroatoms. The van der Waals surface area contributed by atoms with E-state index in [0.29, 0.717) is 34.0 Å². The average molecular weight is 467 g/mol. The standard InChI is InChI=1S/C20H23BrN2O4S/c1-4-11-22-28(25,26)17-8-6-16(7-9-17)23-20(24)15-5-10-19(18(21)12-15)27-13-14(2)3/h4-10,12,14,22H,1,11,13H2,2-3H3,(H,23,24). The number of anilines is 1. The number of nitrogens with one attached hydrogen (secondary N) is 2. The third-order valence-corrected chi connectivity index (χ3v) is 5.67. The first kappa shape index (κ1) is 22.1. The summed E-state index contributed by atoms with van der Waals surface area (Å²) >= 11 is 3.42. The van der Waals surface area contributed by atoms with Gasteiger partial charge in [-0.2, -0.15) is 0 Å². The van der Waals surface area contributed by atoms with Gasteiger partial charge in [-0.1, -0.05) is 19.9 Å². The SMILES string of the molecule is C=CCNS(=O)(=O)c1ccc(NC(=O)c2ccc(OCC(C)C)c(Br)c2)cc1. The van der Waals surface area contributed by atoms with Crippen molar-refractivity contribution in [2.75, 3.05) is 18.5 Å². The Kier molecular flexibility index (Phi) is 7.79. The van der Waals surface area contributed by atoms with Crippen LogP contribution in [-0.2, 0) is 10.0 Å². The van der Waals surface area contributed by atoms with Crippen LogP contribution in [0.15, 0.2) is 64.5 Å². The summed E-state index contributed by atoms with van der Waals surface area (Å²) in [5, 5.41) is 2.74. The molecule has 2 aromatic carbocycles. The lowest BCUT2D eigenvalue weighted by Gasteiger charge is -2.12. The second-order valence-corrected chi connectivity index (χ2v) is 9.09. The largest absolute Gasteiger partial charge is 0.492 e. The molecule has 2 rings (SSSR count). The van der Waals surface area contributed by atoms with E-state index in [4.69, 9.17) is 4.74 Å². The number of rotatable bonds is 9. The minimum atomic E-state index is -3.60. The number of carbonyl (C=O) groups excluding carboxylic acids is 1. The molecule has 0 aliphatic heterocycles. The van der Waals surface area contributed by atoms with E-state index >= 15 is 0 Å². The van der Waals surface area contributed by atoms with Crippen molar-refractivity contribution in [3.05, 3.63) is 65.2 Å². The van der Waals surface area contributed by atoms with Gasteiger partial charge >= 0.3 is 0 Å². The van der Waals surface area contributed by atoms with Crippen molar-refractivity contribution < 1.29 is 17.9 Å². The Morgan fingerprint density at radius 1 is 1.21 bits per heavy atom. The van der Waals surface area contributed by atoms with Crippen LogP contribution < -0.4 is 14.8 Å². The number of sulfonamides is 1. The van der Waals surface area contributed by atoms with Crippen molar-refractivity contribution in [3.63, 3.8) is 0 Å². The quantitative estimate of drug-likeness (QED) is 0.542. The Labute approximate surface area is 174 Å². The molecule has 1 amide bonds. The maximum Gasteiger partial charge on any atom is 0.255 e. The summed E-state index contributed by atoms with van der Waals surface area (Å²) in [7, 11) is -3.60. The van der Waals surface area contributed by atoms with Gasteiger partial charge in [-0.3, -0.25) is 4.79 Å². The normalized spacial score (nSPS) is 11.3. The maximum atomic E-state index is 12.5. The van der Waals surface area contributed by atoms with Gasteiger partial charge in [0.05, 0.1) is 16.0 Å². The zero-order valence-corrected chi connectivity index (χ0v) is 18.1. The molecule has 0 spiro atoms. The number of benzene rings is 2. The van der Waals surface area contributed by atoms with Gasteiger partial charge in [0.15, 0.2) is 0 Å². The molecule has 0 aliphatic carbocycles. The maximum absolute atomic E-state index is 12.5. The highest BCUT2D eigenvalue weighted by Gasteiger charge is 2.14. The lowest BCUT2D eigenvalue weighted by atomic mass is 10.2. The highest BCUT2D eigenvalue weighted by atomic mass is 79.9. The highest BCUT2D eigenvalue weighted by molar-refractivity contribution is 9.10. The highest BCUT2D eigenvalue weighted by Crippen LogP contribution is 2.27. The molecular weight excluding hydrogens is 444 g/mol. The predicted octanol–water partition coefficient (Wildman–Crippen LogP) is 4.20. The van der Waals surface area contributed by atoms with Gasteiger partial charge in [-0.15, -0.1) is 6.58 Å². The van der Waals surface area contributed by atoms with Crippen LogP contribution in [0.4, 0.5) is 5.69 Å². The third-order valence-electron chi connectivity index (χ3n) is 3.61. The van der Waals surface area contributed by atoms with Crippen LogP contribution in [0.5, 0.6) is 5.75 Å². The van der Waals surface area contributed by atoms with E-state index < -0.39 is 10.0 Å². The van der Waals surface area contributed by atoms with Gasteiger partial charge in [0, 0.05) is 17.8 Å². The zero-order chi connectivity index (χ0) is 20.7. The Morgan fingerprint density at radius 2 is 1.89 bits per heavy atom. The van der Waals surface area contributed by atoms with E-state index in [1.54, 1.807) is 18.2 Å². The van der Waals surface area contributed by atoms with Crippen LogP contribution in [0.3, 0.4) is 0 Å². The molecule has 0 atom stereocenters. The van der Waals surface area contributed by atoms with E-state index in [0.717, 1.165) is 0 Å². The summed E-state index contributed by atoms with van der Waals surface area (Å²) in [6.07, 6.45) is 1.46. The molecule has 0 bridgehead atoms. The molecule has 6 nitrogen and oxygen atoms in total. The van der Waals surface area contributed by atoms with E-state index in [2.05, 4.69) is 46.4 Å². The van der Waals surface area contributed by atoms with Crippen molar-refractivity contribution in [1.82, 2.24) is 4.72 Å². The second-order valence-electron chi connectivity index (χ2n) is 6.47. The lowest BCUT2D eigenvalue weighted by molar-refractivity contribution is 0.102. The first-order valence-corrected chi connectivity index (χ1v) is 10.9. The first-order valence-electron chi connectivity index (χ1n) is 8.67. The Bertz CT molecular complexity index is 941. The van der Waals surface area contributed by atoms with E-state index in [1.165, 1.54) is 30.3 Å². The molecule has 0 heterocycles. The van der Waals surface area contributed by atoms with Gasteiger partial charge in [0.1, 0.15) is 5.75 Å². The molecule has 0 saturated heterocycles. The van der Waals surface area contributed by atoms with Gasteiger partial charge in [0.25, 0.3) is 5.91 Å². The number of hydrogen-bond donors (Lipinski definition) is 2. The van der Waals surface area contributed by atoms with Crippen LogP contribution in [0.1, 0.15) is 24.2 Å². The summed E-state index contributed by atoms with van der Waals surface area (Å²) in [5.41, 5.74) is 0.942. The number of halogens is 1. The molecule has 0 radical (unpaired) electrons. The van der Waals surface area contributed by atoms with Gasteiger partial charge in [0.2, 0.25) is 10.0 Å². The van der Waals surface area contributed by atoms with Crippen molar-refractivity contribution in [1.29, 1.82) is 0 Å². The first-order chi connectivity index (χ1) is 13.2. The van der Waals surface area contributed by atoms with Crippen molar-refractivity contribution in [2.45, 2.75) is 18.7 Å². The summed E-state index contributed by atoms with van der Waals surface area (Å²) in [5.74, 6) is 0.761. The molecule has 2 N–H and O–H groups in total. The van der Waals surface area contributed by atoms with Crippen LogP contribution >= 0.6 is 15.9 Å². The van der Waals surface area contributed by atoms with Gasteiger partial charge in [-0.05, 0) is 64.3 Å². The summed E-state index contributed by atoms with van der Waals surface area (Å²) < 4.78 is 32.9. The van der Waals surface area contributed by atoms with Gasteiger partial charge < -0.3 is 10.1 Å². The predicted molar refractivity (Wildman–Crippen MR) is 114 cm³/mol. The lowest BCUT2D eigenvalue weighted by Crippen LogP contribution is -2.23. The molecular formula is C20H23BrN2O4S. The molecule has 0 fully saturated rings. The summed E-state index contributed by atoms with van der Waals surface area (Å²) in [4.78, 5) is 12.6. The van der Waals surface area contributed by atoms with Crippen LogP contribution in [0, 0.1) is 5.92 Å². The number of ether oxygens (including phenoxy) is 1. The fraction of sp³-hybridized carbons (Fsp3) is 0.250. The van der Waals surface area contributed by atoms with Gasteiger partial charge in [-0.25, -0.2) is 13.1 Å². The number of hydrogen-bond acceptors (Lipinski definition) is 4. The van der Waals surface area contributed by atoms with Crippen molar-refractivity contribution >= 4 is 37.5 Å². The molecule has 0 saturated carbocycles. The molecule has 0 aliphatic rings. The topological polar surface area (TPSA) is 84.5 Å². The Balaban J connectivity index is 2.06. The minimum absolute atomic E-state index is 0.113. The fourth-order valence-electron chi connectivity index (χ4n) is 2.19. The monoisotopic (exact) mass is 466 g/mol.